The molecule has 0 heterocycles. The van der Waals surface area contributed by atoms with Crippen LogP contribution in [0.1, 0.15) is 27.2 Å². The van der Waals surface area contributed by atoms with E-state index in [1.165, 1.54) is 20.8 Å². The van der Waals surface area contributed by atoms with E-state index in [2.05, 4.69) is 4.74 Å². The quantitative estimate of drug-likeness (QED) is 0.267. The van der Waals surface area contributed by atoms with Crippen LogP contribution in [0.25, 0.3) is 0 Å². The Balaban J connectivity index is 5.94. The van der Waals surface area contributed by atoms with Gasteiger partial charge in [-0.05, 0) is 26.5 Å². The van der Waals surface area contributed by atoms with Gasteiger partial charge in [0.05, 0.1) is 0 Å². The van der Waals surface area contributed by atoms with Crippen molar-refractivity contribution in [3.05, 3.63) is 11.8 Å². The predicted octanol–water partition coefficient (Wildman–Crippen LogP) is 5.56. The minimum atomic E-state index is -7.10. The minimum absolute atomic E-state index is 0.0943. The molecular formula is C14H19F11O4Si. The number of ether oxygens (including phenoxy) is 1. The van der Waals surface area contributed by atoms with Crippen LogP contribution in [0, 0.1) is 0 Å². The topological polar surface area (TPSA) is 36.9 Å². The highest BCUT2D eigenvalue weighted by Crippen LogP contribution is 2.51. The van der Waals surface area contributed by atoms with E-state index in [1.807, 2.05) is 0 Å². The number of alkyl halides is 11. The molecule has 0 saturated carbocycles. The number of hydrogen-bond acceptors (Lipinski definition) is 4. The van der Waals surface area contributed by atoms with Gasteiger partial charge in [0.25, 0.3) is 0 Å². The van der Waals surface area contributed by atoms with Crippen molar-refractivity contribution in [3.8, 4) is 0 Å². The second kappa shape index (κ2) is 10.1. The second-order valence-electron chi connectivity index (χ2n) is 5.43. The number of hydrogen-bond donors (Lipinski definition) is 0. The van der Waals surface area contributed by atoms with Gasteiger partial charge in [-0.1, -0.05) is 6.08 Å². The van der Waals surface area contributed by atoms with Gasteiger partial charge < -0.3 is 13.3 Å². The molecule has 0 aromatic carbocycles. The van der Waals surface area contributed by atoms with Gasteiger partial charge in [-0.2, -0.15) is 43.9 Å². The van der Waals surface area contributed by atoms with E-state index in [-0.39, 0.29) is 25.9 Å². The Labute approximate surface area is 165 Å². The zero-order valence-electron chi connectivity index (χ0n) is 15.8. The summed E-state index contributed by atoms with van der Waals surface area (Å²) in [5.74, 6) is -12.7. The summed E-state index contributed by atoms with van der Waals surface area (Å²) in [6.45, 7) is 4.03. The summed E-state index contributed by atoms with van der Waals surface area (Å²) < 4.78 is 159. The molecule has 0 radical (unpaired) electrons. The van der Waals surface area contributed by atoms with Crippen LogP contribution in [0.15, 0.2) is 11.8 Å². The summed E-state index contributed by atoms with van der Waals surface area (Å²) >= 11 is 0. The lowest BCUT2D eigenvalue weighted by Crippen LogP contribution is -2.59. The molecule has 0 aromatic rings. The SMILES string of the molecule is CCO[Si](/C=C/CC(F)(OC(F)(F)C(F)(F)C(F)(F)F)C(F)(F)F)(OCC)OCC. The van der Waals surface area contributed by atoms with Crippen molar-refractivity contribution < 1.29 is 66.3 Å². The Hall–Kier alpha value is -0.973. The third-order valence-corrected chi connectivity index (χ3v) is 5.89. The first kappa shape index (κ1) is 29.0. The van der Waals surface area contributed by atoms with Gasteiger partial charge in [-0.15, -0.1) is 0 Å². The van der Waals surface area contributed by atoms with Crippen molar-refractivity contribution in [2.45, 2.75) is 57.4 Å². The molecule has 4 nitrogen and oxygen atoms in total. The Morgan fingerprint density at radius 2 is 1.07 bits per heavy atom. The zero-order chi connectivity index (χ0) is 24.1. The Morgan fingerprint density at radius 1 is 0.667 bits per heavy atom. The average Bonchev–Trinajstić information content (AvgIpc) is 2.52. The van der Waals surface area contributed by atoms with Crippen LogP contribution in [0.3, 0.4) is 0 Å². The maximum atomic E-state index is 14.2. The summed E-state index contributed by atoms with van der Waals surface area (Å²) in [5, 5.41) is 0. The van der Waals surface area contributed by atoms with Crippen LogP contribution in [-0.4, -0.2) is 58.9 Å². The maximum absolute atomic E-state index is 14.2. The predicted molar refractivity (Wildman–Crippen MR) is 81.3 cm³/mol. The van der Waals surface area contributed by atoms with Crippen LogP contribution in [0.4, 0.5) is 48.3 Å². The lowest BCUT2D eigenvalue weighted by molar-refractivity contribution is -0.482. The number of rotatable bonds is 12. The van der Waals surface area contributed by atoms with E-state index in [0.717, 1.165) is 0 Å². The third kappa shape index (κ3) is 6.76. The van der Waals surface area contributed by atoms with E-state index in [0.29, 0.717) is 5.70 Å². The fourth-order valence-corrected chi connectivity index (χ4v) is 4.03. The highest BCUT2D eigenvalue weighted by Gasteiger charge is 2.78. The molecule has 0 aromatic heterocycles. The van der Waals surface area contributed by atoms with Gasteiger partial charge in [0.15, 0.2) is 0 Å². The average molecular weight is 488 g/mol. The minimum Gasteiger partial charge on any atom is -0.371 e. The molecule has 0 saturated heterocycles. The fourth-order valence-electron chi connectivity index (χ4n) is 1.88. The van der Waals surface area contributed by atoms with Crippen molar-refractivity contribution in [2.75, 3.05) is 19.8 Å². The van der Waals surface area contributed by atoms with E-state index >= 15 is 0 Å². The summed E-state index contributed by atoms with van der Waals surface area (Å²) in [4.78, 5) is 0. The first-order valence-electron chi connectivity index (χ1n) is 8.22. The standard InChI is InChI=1S/C14H19F11O4Si/c1-4-26-30(27-5-2,28-6-3)9-7-8-10(15,12(18,19)20)29-14(24,25)11(16,17)13(21,22)23/h7,9H,4-6,8H2,1-3H3/b9-7+. The molecule has 0 amide bonds. The third-order valence-electron chi connectivity index (χ3n) is 3.17. The molecule has 180 valence electrons. The Bertz CT molecular complexity index is 548. The molecule has 0 aliphatic rings. The summed E-state index contributed by atoms with van der Waals surface area (Å²) in [5.41, 5.74) is 0.646. The molecule has 0 rings (SSSR count). The normalized spacial score (nSPS) is 16.9. The first-order valence-corrected chi connectivity index (χ1v) is 10.0. The second-order valence-corrected chi connectivity index (χ2v) is 7.83. The van der Waals surface area contributed by atoms with Gasteiger partial charge in [0.2, 0.25) is 0 Å². The monoisotopic (exact) mass is 488 g/mol. The van der Waals surface area contributed by atoms with E-state index in [9.17, 15) is 48.3 Å². The molecule has 0 bridgehead atoms. The lowest BCUT2D eigenvalue weighted by Gasteiger charge is -2.34. The van der Waals surface area contributed by atoms with Gasteiger partial charge in [0.1, 0.15) is 0 Å². The molecular weight excluding hydrogens is 469 g/mol. The van der Waals surface area contributed by atoms with Crippen molar-refractivity contribution in [1.29, 1.82) is 0 Å². The summed E-state index contributed by atoms with van der Waals surface area (Å²) in [6, 6.07) is 0. The van der Waals surface area contributed by atoms with Gasteiger partial charge in [0, 0.05) is 26.2 Å². The van der Waals surface area contributed by atoms with Crippen molar-refractivity contribution in [2.24, 2.45) is 0 Å². The largest absolute Gasteiger partial charge is 0.529 e. The molecule has 30 heavy (non-hydrogen) atoms. The van der Waals surface area contributed by atoms with Gasteiger partial charge in [-0.25, -0.2) is 4.39 Å². The molecule has 0 aliphatic carbocycles. The van der Waals surface area contributed by atoms with E-state index < -0.39 is 45.5 Å². The molecule has 0 N–H and O–H groups in total. The molecule has 1 atom stereocenters. The van der Waals surface area contributed by atoms with E-state index in [4.69, 9.17) is 13.3 Å². The number of halogens is 11. The maximum Gasteiger partial charge on any atom is 0.529 e. The fraction of sp³-hybridized carbons (Fsp3) is 0.857. The lowest BCUT2D eigenvalue weighted by atomic mass is 10.2. The van der Waals surface area contributed by atoms with Crippen molar-refractivity contribution in [1.82, 2.24) is 0 Å². The zero-order valence-corrected chi connectivity index (χ0v) is 16.8. The van der Waals surface area contributed by atoms with Crippen LogP contribution in [-0.2, 0) is 18.0 Å². The van der Waals surface area contributed by atoms with Crippen LogP contribution < -0.4 is 0 Å². The van der Waals surface area contributed by atoms with Crippen molar-refractivity contribution >= 4 is 8.80 Å². The van der Waals surface area contributed by atoms with Crippen LogP contribution in [0.5, 0.6) is 0 Å². The molecule has 1 unspecified atom stereocenters. The van der Waals surface area contributed by atoms with Crippen LogP contribution in [0.2, 0.25) is 0 Å². The summed E-state index contributed by atoms with van der Waals surface area (Å²) in [7, 11) is -3.87. The first-order chi connectivity index (χ1) is 13.3. The smallest absolute Gasteiger partial charge is 0.371 e. The van der Waals surface area contributed by atoms with Crippen LogP contribution >= 0.6 is 0 Å². The molecule has 16 heteroatoms. The Morgan fingerprint density at radius 3 is 1.37 bits per heavy atom. The summed E-state index contributed by atoms with van der Waals surface area (Å²) in [6.07, 6.45) is -22.3. The highest BCUT2D eigenvalue weighted by atomic mass is 28.4. The van der Waals surface area contributed by atoms with Gasteiger partial charge in [-0.3, -0.25) is 4.74 Å². The van der Waals surface area contributed by atoms with Crippen molar-refractivity contribution in [3.63, 3.8) is 0 Å². The molecule has 0 aliphatic heterocycles. The molecule has 0 fully saturated rings. The highest BCUT2D eigenvalue weighted by molar-refractivity contribution is 6.66. The van der Waals surface area contributed by atoms with E-state index in [1.54, 1.807) is 0 Å². The van der Waals surface area contributed by atoms with Gasteiger partial charge >= 0.3 is 39.0 Å². The molecule has 0 spiro atoms. The Kier molecular flexibility index (Phi) is 9.77.